The first-order valence-electron chi connectivity index (χ1n) is 7.51. The zero-order valence-corrected chi connectivity index (χ0v) is 13.8. The van der Waals surface area contributed by atoms with Crippen LogP contribution in [0, 0.1) is 0 Å². The molecule has 0 aliphatic carbocycles. The summed E-state index contributed by atoms with van der Waals surface area (Å²) >= 11 is 12.5. The summed E-state index contributed by atoms with van der Waals surface area (Å²) < 4.78 is 7.65. The fourth-order valence-corrected chi connectivity index (χ4v) is 3.58. The van der Waals surface area contributed by atoms with Crippen LogP contribution in [0.2, 0.25) is 5.02 Å². The molecule has 1 N–H and O–H groups in total. The number of aliphatic hydroxyl groups excluding tert-OH is 1. The van der Waals surface area contributed by atoms with Crippen molar-refractivity contribution >= 4 is 34.3 Å². The van der Waals surface area contributed by atoms with E-state index < -0.39 is 6.10 Å². The van der Waals surface area contributed by atoms with Gasteiger partial charge in [-0.05, 0) is 35.0 Å². The average Bonchev–Trinajstić information content (AvgIpc) is 2.93. The first-order chi connectivity index (χ1) is 11.1. The Kier molecular flexibility index (Phi) is 3.82. The first-order valence-corrected chi connectivity index (χ1v) is 8.22. The lowest BCUT2D eigenvalue weighted by molar-refractivity contribution is 0.220. The molecule has 1 aliphatic rings. The van der Waals surface area contributed by atoms with Crippen LogP contribution in [-0.4, -0.2) is 16.1 Å². The van der Waals surface area contributed by atoms with E-state index in [0.29, 0.717) is 17.2 Å². The molecule has 1 aromatic heterocycles. The lowest BCUT2D eigenvalue weighted by atomic mass is 9.98. The summed E-state index contributed by atoms with van der Waals surface area (Å²) in [4.78, 5) is 0. The maximum atomic E-state index is 10.6. The van der Waals surface area contributed by atoms with Crippen LogP contribution in [-0.2, 0) is 13.0 Å². The minimum atomic E-state index is -0.723. The van der Waals surface area contributed by atoms with Gasteiger partial charge in [0.05, 0.1) is 5.02 Å². The van der Waals surface area contributed by atoms with Crippen molar-refractivity contribution in [2.75, 3.05) is 6.54 Å². The van der Waals surface area contributed by atoms with Crippen molar-refractivity contribution in [3.8, 4) is 0 Å². The quantitative estimate of drug-likeness (QED) is 0.683. The van der Waals surface area contributed by atoms with Crippen molar-refractivity contribution in [3.05, 3.63) is 69.9 Å². The van der Waals surface area contributed by atoms with Gasteiger partial charge in [0.2, 0.25) is 0 Å². The molecule has 1 atom stereocenters. The van der Waals surface area contributed by atoms with Gasteiger partial charge in [-0.2, -0.15) is 0 Å². The molecule has 1 unspecified atom stereocenters. The van der Waals surface area contributed by atoms with Gasteiger partial charge in [-0.25, -0.2) is 4.42 Å². The van der Waals surface area contributed by atoms with Crippen LogP contribution >= 0.6 is 23.4 Å². The second-order valence-corrected chi connectivity index (χ2v) is 6.68. The van der Waals surface area contributed by atoms with Gasteiger partial charge in [-0.3, -0.25) is 0 Å². The fraction of sp³-hybridized carbons (Fsp3) is 0.222. The van der Waals surface area contributed by atoms with Crippen molar-refractivity contribution in [2.45, 2.75) is 19.1 Å². The second-order valence-electron chi connectivity index (χ2n) is 5.79. The van der Waals surface area contributed by atoms with Gasteiger partial charge in [0.25, 0.3) is 0 Å². The van der Waals surface area contributed by atoms with E-state index in [4.69, 9.17) is 27.8 Å². The number of halogens is 2. The Morgan fingerprint density at radius 2 is 1.91 bits per heavy atom. The van der Waals surface area contributed by atoms with Crippen molar-refractivity contribution in [1.82, 2.24) is 4.42 Å². The molecule has 3 aromatic rings. The molecule has 0 bridgehead atoms. The third kappa shape index (κ3) is 2.64. The van der Waals surface area contributed by atoms with Crippen LogP contribution in [0.5, 0.6) is 0 Å². The maximum absolute atomic E-state index is 10.6. The predicted octanol–water partition coefficient (Wildman–Crippen LogP) is 4.68. The third-order valence-corrected chi connectivity index (χ3v) is 4.86. The second kappa shape index (κ2) is 5.84. The topological polar surface area (TPSA) is 36.6 Å². The van der Waals surface area contributed by atoms with Crippen LogP contribution in [0.3, 0.4) is 0 Å². The summed E-state index contributed by atoms with van der Waals surface area (Å²) in [5.41, 5.74) is 3.32. The summed E-state index contributed by atoms with van der Waals surface area (Å²) in [5.74, 6) is 0.935. The monoisotopic (exact) mass is 347 g/mol. The van der Waals surface area contributed by atoms with Gasteiger partial charge >= 0.3 is 0 Å². The number of benzene rings is 2. The van der Waals surface area contributed by atoms with Gasteiger partial charge in [-0.15, -0.1) is 0 Å². The van der Waals surface area contributed by atoms with Crippen LogP contribution in [0.1, 0.15) is 28.6 Å². The molecule has 1 aliphatic heterocycles. The van der Waals surface area contributed by atoms with E-state index in [1.54, 1.807) is 10.5 Å². The van der Waals surface area contributed by atoms with Crippen LogP contribution in [0.4, 0.5) is 0 Å². The molecule has 0 saturated carbocycles. The number of furan rings is 1. The Morgan fingerprint density at radius 1 is 1.13 bits per heavy atom. The molecular weight excluding hydrogens is 333 g/mol. The van der Waals surface area contributed by atoms with E-state index >= 15 is 0 Å². The third-order valence-electron chi connectivity index (χ3n) is 4.30. The molecule has 0 spiro atoms. The highest BCUT2D eigenvalue weighted by Gasteiger charge is 2.24. The molecule has 0 fully saturated rings. The summed E-state index contributed by atoms with van der Waals surface area (Å²) in [6.07, 6.45) is 0.0415. The molecule has 3 nitrogen and oxygen atoms in total. The van der Waals surface area contributed by atoms with E-state index in [1.165, 1.54) is 0 Å². The van der Waals surface area contributed by atoms with E-state index in [1.807, 2.05) is 36.4 Å². The number of fused-ring (bicyclic) bond motifs is 3. The molecule has 4 rings (SSSR count). The Morgan fingerprint density at radius 3 is 2.70 bits per heavy atom. The number of rotatable bonds is 2. The Bertz CT molecular complexity index is 860. The molecule has 0 saturated heterocycles. The summed E-state index contributed by atoms with van der Waals surface area (Å²) in [6.45, 7) is 1.37. The molecule has 2 heterocycles. The zero-order valence-electron chi connectivity index (χ0n) is 12.3. The van der Waals surface area contributed by atoms with Gasteiger partial charge in [0.15, 0.2) is 5.58 Å². The summed E-state index contributed by atoms with van der Waals surface area (Å²) in [6, 6.07) is 13.3. The largest absolute Gasteiger partial charge is 0.459 e. The highest BCUT2D eigenvalue weighted by Crippen LogP contribution is 2.38. The molecule has 2 aromatic carbocycles. The van der Waals surface area contributed by atoms with Crippen molar-refractivity contribution in [1.29, 1.82) is 0 Å². The number of hydrogen-bond acceptors (Lipinski definition) is 3. The molecular formula is C18H15Cl2NO2. The average molecular weight is 348 g/mol. The maximum Gasteiger partial charge on any atom is 0.153 e. The lowest BCUT2D eigenvalue weighted by Crippen LogP contribution is -2.20. The minimum Gasteiger partial charge on any atom is -0.459 e. The highest BCUT2D eigenvalue weighted by molar-refractivity contribution is 6.35. The van der Waals surface area contributed by atoms with Crippen molar-refractivity contribution in [2.24, 2.45) is 0 Å². The van der Waals surface area contributed by atoms with E-state index in [2.05, 4.69) is 0 Å². The smallest absolute Gasteiger partial charge is 0.153 e. The van der Waals surface area contributed by atoms with Crippen molar-refractivity contribution in [3.63, 3.8) is 0 Å². The van der Waals surface area contributed by atoms with Crippen LogP contribution in [0.15, 0.2) is 46.9 Å². The molecule has 0 radical (unpaired) electrons. The molecule has 5 heteroatoms. The highest BCUT2D eigenvalue weighted by atomic mass is 35.5. The Balaban J connectivity index is 1.85. The predicted molar refractivity (Wildman–Crippen MR) is 91.7 cm³/mol. The minimum absolute atomic E-state index is 0.517. The molecule has 118 valence electrons. The zero-order chi connectivity index (χ0) is 16.0. The number of nitrogens with zero attached hydrogens (tertiary/aromatic N) is 1. The van der Waals surface area contributed by atoms with Gasteiger partial charge in [0.1, 0.15) is 11.9 Å². The van der Waals surface area contributed by atoms with E-state index in [-0.39, 0.29) is 0 Å². The van der Waals surface area contributed by atoms with E-state index in [0.717, 1.165) is 40.8 Å². The van der Waals surface area contributed by atoms with Crippen LogP contribution in [0.25, 0.3) is 11.0 Å². The SMILES string of the molecule is OC(c1ccccc1)c1cc(Cl)c2oc3c(c2c1)CN(Cl)CC3. The Labute approximate surface area is 144 Å². The molecule has 0 amide bonds. The van der Waals surface area contributed by atoms with Gasteiger partial charge < -0.3 is 9.52 Å². The van der Waals surface area contributed by atoms with E-state index in [9.17, 15) is 5.11 Å². The molecule has 23 heavy (non-hydrogen) atoms. The Hall–Kier alpha value is -1.52. The van der Waals surface area contributed by atoms with Gasteiger partial charge in [0, 0.05) is 30.5 Å². The fourth-order valence-electron chi connectivity index (χ4n) is 3.11. The van der Waals surface area contributed by atoms with Gasteiger partial charge in [-0.1, -0.05) is 41.9 Å². The first kappa shape index (κ1) is 15.0. The van der Waals surface area contributed by atoms with Crippen molar-refractivity contribution < 1.29 is 9.52 Å². The number of hydrogen-bond donors (Lipinski definition) is 1. The lowest BCUT2D eigenvalue weighted by Gasteiger charge is -2.18. The normalized spacial score (nSPS) is 16.5. The van der Waals surface area contributed by atoms with Crippen LogP contribution < -0.4 is 0 Å². The summed E-state index contributed by atoms with van der Waals surface area (Å²) in [7, 11) is 0. The summed E-state index contributed by atoms with van der Waals surface area (Å²) in [5, 5.41) is 12.1. The standard InChI is InChI=1S/C18H15Cl2NO2/c19-15-9-12(17(22)11-4-2-1-3-5-11)8-13-14-10-21(20)7-6-16(14)23-18(13)15/h1-5,8-9,17,22H,6-7,10H2. The number of aliphatic hydroxyl groups is 1.